The number of rotatable bonds is 5. The highest BCUT2D eigenvalue weighted by atomic mass is 16.2. The first-order chi connectivity index (χ1) is 15.6. The second-order valence-electron chi connectivity index (χ2n) is 8.25. The van der Waals surface area contributed by atoms with Gasteiger partial charge in [0.05, 0.1) is 0 Å². The van der Waals surface area contributed by atoms with Gasteiger partial charge in [-0.25, -0.2) is 9.78 Å². The molecule has 0 saturated carbocycles. The second-order valence-corrected chi connectivity index (χ2v) is 8.25. The lowest BCUT2D eigenvalue weighted by Gasteiger charge is -2.35. The largest absolute Gasteiger partial charge is 0.354 e. The lowest BCUT2D eigenvalue weighted by atomic mass is 10.2. The Kier molecular flexibility index (Phi) is 7.21. The van der Waals surface area contributed by atoms with E-state index in [-0.39, 0.29) is 11.9 Å². The van der Waals surface area contributed by atoms with Crippen LogP contribution in [0.15, 0.2) is 48.7 Å². The Hall–Kier alpha value is -3.13. The molecule has 2 aliphatic heterocycles. The third kappa shape index (κ3) is 5.37. The van der Waals surface area contributed by atoms with Gasteiger partial charge in [-0.1, -0.05) is 31.2 Å². The number of pyridine rings is 1. The molecule has 2 aliphatic rings. The standard InChI is InChI=1S/C24H32N6O2/c1-2-27-10-12-28(13-11-27)22-9-8-20(18-25-22)19-26-24(32)30-16-14-29(15-17-30)23(31)21-6-4-3-5-7-21/h3-9,18H,2,10-17,19H2,1H3,(H,26,32). The Balaban J connectivity index is 1.21. The molecule has 1 aromatic carbocycles. The van der Waals surface area contributed by atoms with E-state index in [2.05, 4.69) is 27.0 Å². The Morgan fingerprint density at radius 3 is 2.19 bits per heavy atom. The van der Waals surface area contributed by atoms with E-state index >= 15 is 0 Å². The Morgan fingerprint density at radius 1 is 0.875 bits per heavy atom. The average Bonchev–Trinajstić information content (AvgIpc) is 2.88. The maximum atomic E-state index is 12.6. The number of aromatic nitrogens is 1. The summed E-state index contributed by atoms with van der Waals surface area (Å²) in [5, 5.41) is 2.98. The van der Waals surface area contributed by atoms with Crippen molar-refractivity contribution in [2.24, 2.45) is 0 Å². The number of nitrogens with zero attached hydrogens (tertiary/aromatic N) is 5. The van der Waals surface area contributed by atoms with Gasteiger partial charge in [0.25, 0.3) is 5.91 Å². The van der Waals surface area contributed by atoms with Crippen molar-refractivity contribution < 1.29 is 9.59 Å². The summed E-state index contributed by atoms with van der Waals surface area (Å²) < 4.78 is 0. The van der Waals surface area contributed by atoms with Crippen molar-refractivity contribution in [3.8, 4) is 0 Å². The number of amides is 3. The second kappa shape index (κ2) is 10.5. The highest BCUT2D eigenvalue weighted by molar-refractivity contribution is 5.94. The molecule has 0 radical (unpaired) electrons. The zero-order valence-corrected chi connectivity index (χ0v) is 18.7. The van der Waals surface area contributed by atoms with E-state index in [1.54, 1.807) is 4.90 Å². The monoisotopic (exact) mass is 436 g/mol. The third-order valence-electron chi connectivity index (χ3n) is 6.27. The number of carbonyl (C=O) groups is 2. The van der Waals surface area contributed by atoms with E-state index in [1.807, 2.05) is 53.6 Å². The van der Waals surface area contributed by atoms with Crippen LogP contribution in [0.1, 0.15) is 22.8 Å². The molecule has 0 spiro atoms. The van der Waals surface area contributed by atoms with Crippen LogP contribution in [0.5, 0.6) is 0 Å². The van der Waals surface area contributed by atoms with Crippen LogP contribution in [0.25, 0.3) is 0 Å². The number of piperazine rings is 2. The van der Waals surface area contributed by atoms with Gasteiger partial charge in [-0.15, -0.1) is 0 Å². The number of hydrogen-bond acceptors (Lipinski definition) is 5. The lowest BCUT2D eigenvalue weighted by molar-refractivity contribution is 0.0665. The first kappa shape index (κ1) is 22.1. The van der Waals surface area contributed by atoms with Crippen molar-refractivity contribution in [2.45, 2.75) is 13.5 Å². The highest BCUT2D eigenvalue weighted by Gasteiger charge is 2.24. The van der Waals surface area contributed by atoms with E-state index in [0.29, 0.717) is 38.3 Å². The molecule has 32 heavy (non-hydrogen) atoms. The molecular weight excluding hydrogens is 404 g/mol. The van der Waals surface area contributed by atoms with Gasteiger partial charge in [-0.05, 0) is 30.3 Å². The number of hydrogen-bond donors (Lipinski definition) is 1. The van der Waals surface area contributed by atoms with Crippen molar-refractivity contribution in [2.75, 3.05) is 63.8 Å². The Labute approximate surface area is 189 Å². The zero-order valence-electron chi connectivity index (χ0n) is 18.7. The summed E-state index contributed by atoms with van der Waals surface area (Å²) in [7, 11) is 0. The van der Waals surface area contributed by atoms with Gasteiger partial charge < -0.3 is 24.9 Å². The number of anilines is 1. The van der Waals surface area contributed by atoms with Gasteiger partial charge in [0.2, 0.25) is 0 Å². The van der Waals surface area contributed by atoms with Crippen LogP contribution in [0.4, 0.5) is 10.6 Å². The van der Waals surface area contributed by atoms with Crippen LogP contribution in [0, 0.1) is 0 Å². The number of benzene rings is 1. The molecule has 8 nitrogen and oxygen atoms in total. The van der Waals surface area contributed by atoms with Gasteiger partial charge in [-0.3, -0.25) is 4.79 Å². The van der Waals surface area contributed by atoms with Gasteiger partial charge in [0.1, 0.15) is 5.82 Å². The number of carbonyl (C=O) groups excluding carboxylic acids is 2. The first-order valence-corrected chi connectivity index (χ1v) is 11.4. The summed E-state index contributed by atoms with van der Waals surface area (Å²) in [6, 6.07) is 13.3. The summed E-state index contributed by atoms with van der Waals surface area (Å²) >= 11 is 0. The quantitative estimate of drug-likeness (QED) is 0.775. The van der Waals surface area contributed by atoms with Crippen LogP contribution in [-0.4, -0.2) is 90.5 Å². The smallest absolute Gasteiger partial charge is 0.317 e. The van der Waals surface area contributed by atoms with E-state index < -0.39 is 0 Å². The summed E-state index contributed by atoms with van der Waals surface area (Å²) in [5.74, 6) is 1.02. The maximum Gasteiger partial charge on any atom is 0.317 e. The molecular formula is C24H32N6O2. The van der Waals surface area contributed by atoms with Gasteiger partial charge in [0, 0.05) is 70.7 Å². The first-order valence-electron chi connectivity index (χ1n) is 11.4. The van der Waals surface area contributed by atoms with E-state index in [4.69, 9.17) is 0 Å². The van der Waals surface area contributed by atoms with E-state index in [0.717, 1.165) is 44.1 Å². The normalized spacial score (nSPS) is 17.3. The molecule has 2 saturated heterocycles. The highest BCUT2D eigenvalue weighted by Crippen LogP contribution is 2.14. The lowest BCUT2D eigenvalue weighted by Crippen LogP contribution is -2.53. The van der Waals surface area contributed by atoms with Crippen molar-refractivity contribution in [3.05, 3.63) is 59.8 Å². The Morgan fingerprint density at radius 2 is 1.56 bits per heavy atom. The molecule has 2 fully saturated rings. The molecule has 0 aliphatic carbocycles. The average molecular weight is 437 g/mol. The topological polar surface area (TPSA) is 72.0 Å². The molecule has 3 amide bonds. The van der Waals surface area contributed by atoms with E-state index in [9.17, 15) is 9.59 Å². The molecule has 2 aromatic rings. The van der Waals surface area contributed by atoms with Crippen LogP contribution >= 0.6 is 0 Å². The predicted octanol–water partition coefficient (Wildman–Crippen LogP) is 1.89. The number of likely N-dealkylation sites (N-methyl/N-ethyl adjacent to an activating group) is 1. The summed E-state index contributed by atoms with van der Waals surface area (Å²) in [6.07, 6.45) is 1.85. The summed E-state index contributed by atoms with van der Waals surface area (Å²) in [4.78, 5) is 38.1. The zero-order chi connectivity index (χ0) is 22.3. The third-order valence-corrected chi connectivity index (χ3v) is 6.27. The summed E-state index contributed by atoms with van der Waals surface area (Å²) in [6.45, 7) is 10.0. The summed E-state index contributed by atoms with van der Waals surface area (Å²) in [5.41, 5.74) is 1.67. The number of urea groups is 1. The fourth-order valence-electron chi connectivity index (χ4n) is 4.17. The molecule has 8 heteroatoms. The fourth-order valence-corrected chi connectivity index (χ4v) is 4.17. The van der Waals surface area contributed by atoms with Crippen LogP contribution in [-0.2, 0) is 6.54 Å². The van der Waals surface area contributed by atoms with Crippen LogP contribution in [0.2, 0.25) is 0 Å². The molecule has 170 valence electrons. The van der Waals surface area contributed by atoms with Gasteiger partial charge >= 0.3 is 6.03 Å². The Bertz CT molecular complexity index is 888. The molecule has 0 bridgehead atoms. The molecule has 1 N–H and O–H groups in total. The van der Waals surface area contributed by atoms with Gasteiger partial charge in [0.15, 0.2) is 0 Å². The van der Waals surface area contributed by atoms with Crippen molar-refractivity contribution in [3.63, 3.8) is 0 Å². The molecule has 1 aromatic heterocycles. The van der Waals surface area contributed by atoms with Crippen LogP contribution in [0.3, 0.4) is 0 Å². The van der Waals surface area contributed by atoms with Crippen molar-refractivity contribution in [1.29, 1.82) is 0 Å². The number of nitrogens with one attached hydrogen (secondary N) is 1. The van der Waals surface area contributed by atoms with Crippen LogP contribution < -0.4 is 10.2 Å². The van der Waals surface area contributed by atoms with Crippen molar-refractivity contribution in [1.82, 2.24) is 25.0 Å². The minimum Gasteiger partial charge on any atom is -0.354 e. The van der Waals surface area contributed by atoms with E-state index in [1.165, 1.54) is 0 Å². The molecule has 0 atom stereocenters. The molecule has 4 rings (SSSR count). The fraction of sp³-hybridized carbons (Fsp3) is 0.458. The predicted molar refractivity (Wildman–Crippen MR) is 125 cm³/mol. The SMILES string of the molecule is CCN1CCN(c2ccc(CNC(=O)N3CCN(C(=O)c4ccccc4)CC3)cn2)CC1. The van der Waals surface area contributed by atoms with Gasteiger partial charge in [-0.2, -0.15) is 0 Å². The van der Waals surface area contributed by atoms with Crippen molar-refractivity contribution >= 4 is 17.8 Å². The minimum atomic E-state index is -0.100. The molecule has 3 heterocycles. The maximum absolute atomic E-state index is 12.6. The minimum absolute atomic E-state index is 0.0212. The molecule has 0 unspecified atom stereocenters.